The van der Waals surface area contributed by atoms with Crippen LogP contribution in [-0.4, -0.2) is 113 Å². The van der Waals surface area contributed by atoms with Crippen LogP contribution in [0.1, 0.15) is 43.6 Å². The van der Waals surface area contributed by atoms with Crippen molar-refractivity contribution < 1.29 is 64.9 Å². The van der Waals surface area contributed by atoms with E-state index in [2.05, 4.69) is 9.37 Å². The van der Waals surface area contributed by atoms with E-state index in [4.69, 9.17) is 19.5 Å². The number of Topliss-reactive ketones (excluding diaryl/α,β-unsaturated/α-hetero) is 1. The molecule has 0 amide bonds. The first kappa shape index (κ1) is 38.5. The van der Waals surface area contributed by atoms with Crippen molar-refractivity contribution in [3.63, 3.8) is 0 Å². The van der Waals surface area contributed by atoms with Crippen molar-refractivity contribution in [3.8, 4) is 0 Å². The molecule has 2 aliphatic rings. The van der Waals surface area contributed by atoms with Gasteiger partial charge in [-0.2, -0.15) is 16.8 Å². The van der Waals surface area contributed by atoms with Crippen molar-refractivity contribution in [1.82, 2.24) is 0 Å². The molecule has 0 heterocycles. The predicted octanol–water partition coefficient (Wildman–Crippen LogP) is 2.28. The topological polar surface area (TPSA) is 228 Å². The highest BCUT2D eigenvalue weighted by Crippen LogP contribution is 2.41. The van der Waals surface area contributed by atoms with Crippen LogP contribution in [0.25, 0.3) is 0 Å². The SMILES string of the molecule is O=C(O)CCCN(CCCS(=O)(=O)O)c1ccc(C2C(=O)C(=C3C=CC(=[N+](CCCSOOO)CCCS(=O)(=O)O)C=C3)C2O)cc1. The van der Waals surface area contributed by atoms with Gasteiger partial charge in [-0.05, 0) is 48.3 Å². The fourth-order valence-corrected chi connectivity index (χ4v) is 6.67. The number of hydrogen-bond donors (Lipinski definition) is 5. The lowest BCUT2D eigenvalue weighted by Gasteiger charge is -2.36. The molecule has 0 bridgehead atoms. The zero-order valence-corrected chi connectivity index (χ0v) is 27.8. The molecular formula is C29H39N2O13S3+. The number of aliphatic hydroxyl groups is 1. The Bertz CT molecular complexity index is 1580. The minimum atomic E-state index is -4.15. The molecule has 0 aliphatic heterocycles. The number of anilines is 1. The van der Waals surface area contributed by atoms with Crippen molar-refractivity contribution in [3.05, 3.63) is 65.3 Å². The van der Waals surface area contributed by atoms with E-state index >= 15 is 0 Å². The fourth-order valence-electron chi connectivity index (χ4n) is 5.32. The first-order chi connectivity index (χ1) is 22.2. The van der Waals surface area contributed by atoms with Crippen LogP contribution >= 0.6 is 12.0 Å². The standard InChI is InChI=1S/C29H38N2O13S3/c32-25(33)5-1-14-30(16-3-19-46(37,38)39)23-10-6-21(7-11-23)26-28(34)27(29(26)35)22-8-12-24(13-9-22)31(15-2-18-45-44-43-36)17-4-20-47(40,41)42/h6-13,26,28,34H,1-5,14-20H2,(H3-,32,33,36,37,38,39,40,41,42)/p+1. The number of benzene rings is 1. The van der Waals surface area contributed by atoms with E-state index in [1.165, 1.54) is 0 Å². The summed E-state index contributed by atoms with van der Waals surface area (Å²) in [6, 6.07) is 6.81. The first-order valence-electron chi connectivity index (χ1n) is 14.7. The minimum absolute atomic E-state index is 0.0723. The van der Waals surface area contributed by atoms with Crippen LogP contribution < -0.4 is 4.90 Å². The Morgan fingerprint density at radius 3 is 2.06 bits per heavy atom. The Kier molecular flexibility index (Phi) is 14.7. The van der Waals surface area contributed by atoms with Crippen LogP contribution in [0.5, 0.6) is 0 Å². The number of ketones is 1. The summed E-state index contributed by atoms with van der Waals surface area (Å²) in [5.74, 6) is -2.39. The van der Waals surface area contributed by atoms with Crippen LogP contribution in [0.2, 0.25) is 0 Å². The number of aliphatic hydroxyl groups excluding tert-OH is 1. The van der Waals surface area contributed by atoms with Gasteiger partial charge >= 0.3 is 5.97 Å². The molecule has 0 aromatic heterocycles. The molecule has 5 N–H and O–H groups in total. The molecule has 0 saturated heterocycles. The maximum atomic E-state index is 13.2. The number of carboxylic acid groups (broad SMARTS) is 1. The monoisotopic (exact) mass is 719 g/mol. The van der Waals surface area contributed by atoms with E-state index in [0.717, 1.165) is 17.8 Å². The molecule has 0 spiro atoms. The van der Waals surface area contributed by atoms with Crippen LogP contribution in [-0.2, 0) is 39.2 Å². The maximum Gasteiger partial charge on any atom is 0.303 e. The first-order valence-corrected chi connectivity index (χ1v) is 18.8. The second-order valence-corrected chi connectivity index (χ2v) is 14.8. The lowest BCUT2D eigenvalue weighted by atomic mass is 9.69. The van der Waals surface area contributed by atoms with Gasteiger partial charge in [0.05, 0.1) is 23.5 Å². The summed E-state index contributed by atoms with van der Waals surface area (Å²) < 4.78 is 69.1. The molecule has 1 aromatic rings. The average Bonchev–Trinajstić information content (AvgIpc) is 2.99. The van der Waals surface area contributed by atoms with E-state index in [1.807, 2.05) is 4.58 Å². The highest BCUT2D eigenvalue weighted by Gasteiger charge is 2.46. The molecule has 3 rings (SSSR count). The molecule has 18 heteroatoms. The van der Waals surface area contributed by atoms with E-state index in [0.29, 0.717) is 55.1 Å². The van der Waals surface area contributed by atoms with Crippen LogP contribution in [0, 0.1) is 0 Å². The molecule has 0 radical (unpaired) electrons. The lowest BCUT2D eigenvalue weighted by Crippen LogP contribution is -2.43. The summed E-state index contributed by atoms with van der Waals surface area (Å²) in [5.41, 5.74) is 2.76. The smallest absolute Gasteiger partial charge is 0.303 e. The van der Waals surface area contributed by atoms with E-state index in [1.54, 1.807) is 53.5 Å². The molecule has 1 fully saturated rings. The van der Waals surface area contributed by atoms with Gasteiger partial charge in [-0.1, -0.05) is 17.2 Å². The molecule has 260 valence electrons. The number of carboxylic acids is 1. The minimum Gasteiger partial charge on any atom is -0.481 e. The number of carbonyl (C=O) groups is 2. The number of rotatable bonds is 20. The summed E-state index contributed by atoms with van der Waals surface area (Å²) >= 11 is 0.890. The highest BCUT2D eigenvalue weighted by molar-refractivity contribution is 7.94. The Morgan fingerprint density at radius 2 is 1.49 bits per heavy atom. The highest BCUT2D eigenvalue weighted by atomic mass is 32.2. The fraction of sp³-hybridized carbons (Fsp3) is 0.483. The van der Waals surface area contributed by atoms with Crippen LogP contribution in [0.3, 0.4) is 0 Å². The van der Waals surface area contributed by atoms with Gasteiger partial charge in [0, 0.05) is 73.6 Å². The third-order valence-corrected chi connectivity index (χ3v) is 9.76. The molecule has 47 heavy (non-hydrogen) atoms. The Balaban J connectivity index is 1.71. The zero-order chi connectivity index (χ0) is 34.6. The van der Waals surface area contributed by atoms with E-state index in [-0.39, 0.29) is 37.2 Å². The van der Waals surface area contributed by atoms with Gasteiger partial charge < -0.3 is 15.1 Å². The molecule has 2 unspecified atom stereocenters. The van der Waals surface area contributed by atoms with E-state index < -0.39 is 49.7 Å². The van der Waals surface area contributed by atoms with Crippen LogP contribution in [0.15, 0.2) is 59.7 Å². The number of aliphatic carboxylic acids is 1. The average molecular weight is 720 g/mol. The summed E-state index contributed by atoms with van der Waals surface area (Å²) in [6.07, 6.45) is 6.94. The number of nitrogens with zero attached hydrogens (tertiary/aromatic N) is 2. The Hall–Kier alpha value is -2.94. The normalized spacial score (nSPS) is 18.0. The summed E-state index contributed by atoms with van der Waals surface area (Å²) in [7, 11) is -8.27. The quantitative estimate of drug-likeness (QED) is 0.0248. The summed E-state index contributed by atoms with van der Waals surface area (Å²) in [5, 5.41) is 31.8. The third kappa shape index (κ3) is 12.5. The maximum absolute atomic E-state index is 13.2. The molecular weight excluding hydrogens is 681 g/mol. The Labute approximate surface area is 277 Å². The van der Waals surface area contributed by atoms with Gasteiger partial charge in [-0.3, -0.25) is 18.7 Å². The number of allylic oxidation sites excluding steroid dienone is 5. The van der Waals surface area contributed by atoms with Crippen molar-refractivity contribution in [2.24, 2.45) is 0 Å². The number of carbonyl (C=O) groups excluding carboxylic acids is 1. The van der Waals surface area contributed by atoms with Gasteiger partial charge in [0.1, 0.15) is 13.1 Å². The third-order valence-electron chi connectivity index (χ3n) is 7.53. The van der Waals surface area contributed by atoms with Crippen molar-refractivity contribution in [2.45, 2.75) is 44.1 Å². The van der Waals surface area contributed by atoms with Crippen molar-refractivity contribution in [1.29, 1.82) is 0 Å². The summed E-state index contributed by atoms with van der Waals surface area (Å²) in [6.45, 7) is 1.39. The van der Waals surface area contributed by atoms with Gasteiger partial charge in [-0.15, -0.1) is 4.33 Å². The largest absolute Gasteiger partial charge is 0.481 e. The molecule has 2 aliphatic carbocycles. The second-order valence-electron chi connectivity index (χ2n) is 10.9. The van der Waals surface area contributed by atoms with E-state index in [9.17, 15) is 31.5 Å². The molecule has 1 aromatic carbocycles. The zero-order valence-electron chi connectivity index (χ0n) is 25.4. The second kappa shape index (κ2) is 18.0. The summed E-state index contributed by atoms with van der Waals surface area (Å²) in [4.78, 5) is 26.0. The van der Waals surface area contributed by atoms with Gasteiger partial charge in [-0.25, -0.2) is 9.83 Å². The molecule has 1 saturated carbocycles. The van der Waals surface area contributed by atoms with Crippen molar-refractivity contribution in [2.75, 3.05) is 48.3 Å². The van der Waals surface area contributed by atoms with Gasteiger partial charge in [0.2, 0.25) is 0 Å². The predicted molar refractivity (Wildman–Crippen MR) is 174 cm³/mol. The lowest BCUT2D eigenvalue weighted by molar-refractivity contribution is -0.526. The van der Waals surface area contributed by atoms with Crippen LogP contribution in [0.4, 0.5) is 5.69 Å². The van der Waals surface area contributed by atoms with Gasteiger partial charge in [0.25, 0.3) is 20.2 Å². The van der Waals surface area contributed by atoms with Gasteiger partial charge in [0.15, 0.2) is 11.5 Å². The number of hydrogen-bond acceptors (Lipinski definition) is 12. The molecule has 15 nitrogen and oxygen atoms in total. The molecule has 2 atom stereocenters. The van der Waals surface area contributed by atoms with Crippen molar-refractivity contribution >= 4 is 55.4 Å². The Morgan fingerprint density at radius 1 is 0.894 bits per heavy atom.